The first kappa shape index (κ1) is 22.4. The highest BCUT2D eigenvalue weighted by atomic mass is 32.1. The Morgan fingerprint density at radius 3 is 2.91 bits per heavy atom. The molecule has 0 bridgehead atoms. The number of carbonyl (C=O) groups is 1. The minimum Gasteiger partial charge on any atom is -0.379 e. The average molecular weight is 482 g/mol. The lowest BCUT2D eigenvalue weighted by molar-refractivity contribution is 0.0260. The van der Waals surface area contributed by atoms with E-state index in [-0.39, 0.29) is 23.5 Å². The van der Waals surface area contributed by atoms with Crippen LogP contribution in [0.15, 0.2) is 42.3 Å². The number of hydrogen-bond acceptors (Lipinski definition) is 7. The molecule has 4 aromatic heterocycles. The first-order valence-electron chi connectivity index (χ1n) is 11.2. The third kappa shape index (κ3) is 4.62. The van der Waals surface area contributed by atoms with Crippen molar-refractivity contribution in [1.82, 2.24) is 29.9 Å². The highest BCUT2D eigenvalue weighted by Crippen LogP contribution is 2.34. The smallest absolute Gasteiger partial charge is 0.275 e. The predicted molar refractivity (Wildman–Crippen MR) is 126 cm³/mol. The molecule has 34 heavy (non-hydrogen) atoms. The fraction of sp³-hybridized carbons (Fsp3) is 0.348. The van der Waals surface area contributed by atoms with Crippen molar-refractivity contribution in [1.29, 1.82) is 0 Å². The number of hydrogen-bond donors (Lipinski definition) is 2. The SMILES string of the molecule is CCOC1CCC(n2cc(NC(=O)c3csc(-c4cn[nH]c4)n3)c(-c3ncccc3F)n2)CC1. The molecule has 1 fully saturated rings. The molecular formula is C23H24FN7O2S. The Hall–Kier alpha value is -3.44. The summed E-state index contributed by atoms with van der Waals surface area (Å²) in [4.78, 5) is 21.6. The summed E-state index contributed by atoms with van der Waals surface area (Å²) in [6, 6.07) is 2.99. The van der Waals surface area contributed by atoms with Crippen molar-refractivity contribution in [3.8, 4) is 22.0 Å². The maximum Gasteiger partial charge on any atom is 0.275 e. The van der Waals surface area contributed by atoms with Crippen LogP contribution in [0.2, 0.25) is 0 Å². The third-order valence-electron chi connectivity index (χ3n) is 5.87. The van der Waals surface area contributed by atoms with Gasteiger partial charge in [-0.15, -0.1) is 11.3 Å². The Bertz CT molecular complexity index is 1260. The summed E-state index contributed by atoms with van der Waals surface area (Å²) < 4.78 is 22.2. The van der Waals surface area contributed by atoms with Crippen molar-refractivity contribution >= 4 is 22.9 Å². The number of nitrogens with one attached hydrogen (secondary N) is 2. The Morgan fingerprint density at radius 1 is 1.32 bits per heavy atom. The van der Waals surface area contributed by atoms with Crippen LogP contribution in [-0.4, -0.2) is 48.6 Å². The molecule has 0 saturated heterocycles. The molecule has 4 heterocycles. The molecule has 11 heteroatoms. The molecule has 0 aliphatic heterocycles. The van der Waals surface area contributed by atoms with Gasteiger partial charge in [0, 0.05) is 36.1 Å². The molecule has 0 aromatic carbocycles. The second-order valence-corrected chi connectivity index (χ2v) is 8.93. The van der Waals surface area contributed by atoms with E-state index in [1.54, 1.807) is 24.0 Å². The number of pyridine rings is 1. The zero-order valence-electron chi connectivity index (χ0n) is 18.6. The standard InChI is InChI=1S/C23H24FN7O2S/c1-2-33-16-7-5-15(6-8-16)31-12-18(21(30-31)20-17(24)4-3-9-25-20)28-22(32)19-13-34-23(29-19)14-10-26-27-11-14/h3-4,9-13,15-16H,2,5-8H2,1H3,(H,26,27)(H,28,32). The first-order chi connectivity index (χ1) is 16.6. The van der Waals surface area contributed by atoms with Gasteiger partial charge in [0.15, 0.2) is 5.82 Å². The van der Waals surface area contributed by atoms with Gasteiger partial charge in [-0.05, 0) is 44.7 Å². The molecular weight excluding hydrogens is 457 g/mol. The summed E-state index contributed by atoms with van der Waals surface area (Å²) in [6.45, 7) is 2.71. The molecule has 1 saturated carbocycles. The van der Waals surface area contributed by atoms with E-state index in [1.165, 1.54) is 29.7 Å². The van der Waals surface area contributed by atoms with Crippen molar-refractivity contribution in [2.24, 2.45) is 0 Å². The van der Waals surface area contributed by atoms with Crippen molar-refractivity contribution in [2.45, 2.75) is 44.8 Å². The second kappa shape index (κ2) is 9.82. The number of rotatable bonds is 7. The number of thiazole rings is 1. The minimum absolute atomic E-state index is 0.0944. The maximum absolute atomic E-state index is 14.6. The molecule has 5 rings (SSSR count). The number of aromatic amines is 1. The van der Waals surface area contributed by atoms with Crippen LogP contribution >= 0.6 is 11.3 Å². The van der Waals surface area contributed by atoms with Gasteiger partial charge in [-0.25, -0.2) is 9.37 Å². The quantitative estimate of drug-likeness (QED) is 0.396. The summed E-state index contributed by atoms with van der Waals surface area (Å²) >= 11 is 1.34. The van der Waals surface area contributed by atoms with Crippen molar-refractivity contribution in [3.63, 3.8) is 0 Å². The highest BCUT2D eigenvalue weighted by Gasteiger charge is 2.26. The average Bonchev–Trinajstić information content (AvgIpc) is 3.61. The Morgan fingerprint density at radius 2 is 2.18 bits per heavy atom. The summed E-state index contributed by atoms with van der Waals surface area (Å²) in [6.07, 6.45) is 10.5. The van der Waals surface area contributed by atoms with Gasteiger partial charge >= 0.3 is 0 Å². The number of amides is 1. The zero-order chi connectivity index (χ0) is 23.5. The van der Waals surface area contributed by atoms with Gasteiger partial charge in [0.2, 0.25) is 0 Å². The number of carbonyl (C=O) groups excluding carboxylic acids is 1. The molecule has 0 spiro atoms. The van der Waals surface area contributed by atoms with E-state index in [1.807, 2.05) is 11.6 Å². The van der Waals surface area contributed by atoms with Gasteiger partial charge in [0.05, 0.1) is 24.0 Å². The van der Waals surface area contributed by atoms with Crippen LogP contribution in [0.1, 0.15) is 49.1 Å². The number of aromatic nitrogens is 6. The van der Waals surface area contributed by atoms with E-state index in [0.29, 0.717) is 23.0 Å². The molecule has 0 radical (unpaired) electrons. The van der Waals surface area contributed by atoms with Crippen LogP contribution in [-0.2, 0) is 4.74 Å². The van der Waals surface area contributed by atoms with Gasteiger partial charge in [0.25, 0.3) is 5.91 Å². The van der Waals surface area contributed by atoms with Gasteiger partial charge in [0.1, 0.15) is 22.1 Å². The number of H-pyrrole nitrogens is 1. The topological polar surface area (TPSA) is 111 Å². The molecule has 1 aliphatic carbocycles. The van der Waals surface area contributed by atoms with Crippen LogP contribution < -0.4 is 5.32 Å². The van der Waals surface area contributed by atoms with E-state index in [4.69, 9.17) is 4.74 Å². The lowest BCUT2D eigenvalue weighted by Gasteiger charge is -2.28. The first-order valence-corrected chi connectivity index (χ1v) is 12.1. The van der Waals surface area contributed by atoms with E-state index >= 15 is 0 Å². The zero-order valence-corrected chi connectivity index (χ0v) is 19.4. The molecule has 0 unspecified atom stereocenters. The van der Waals surface area contributed by atoms with Crippen LogP contribution in [0.25, 0.3) is 22.0 Å². The van der Waals surface area contributed by atoms with Gasteiger partial charge in [-0.3, -0.25) is 19.6 Å². The van der Waals surface area contributed by atoms with E-state index in [2.05, 4.69) is 30.6 Å². The normalized spacial score (nSPS) is 18.2. The summed E-state index contributed by atoms with van der Waals surface area (Å²) in [5, 5.41) is 16.5. The number of halogens is 1. The van der Waals surface area contributed by atoms with Crippen LogP contribution in [0.5, 0.6) is 0 Å². The minimum atomic E-state index is -0.501. The van der Waals surface area contributed by atoms with E-state index in [9.17, 15) is 9.18 Å². The Labute approximate surface area is 199 Å². The molecule has 0 atom stereocenters. The molecule has 4 aromatic rings. The van der Waals surface area contributed by atoms with Gasteiger partial charge in [-0.2, -0.15) is 10.2 Å². The summed E-state index contributed by atoms with van der Waals surface area (Å²) in [5.74, 6) is -0.901. The van der Waals surface area contributed by atoms with E-state index in [0.717, 1.165) is 31.2 Å². The number of nitrogens with zero attached hydrogens (tertiary/aromatic N) is 5. The van der Waals surface area contributed by atoms with Crippen LogP contribution in [0.4, 0.5) is 10.1 Å². The van der Waals surface area contributed by atoms with Crippen LogP contribution in [0, 0.1) is 5.82 Å². The molecule has 1 amide bonds. The number of ether oxygens (including phenoxy) is 1. The van der Waals surface area contributed by atoms with Crippen molar-refractivity contribution in [3.05, 3.63) is 53.8 Å². The molecule has 176 valence electrons. The molecule has 2 N–H and O–H groups in total. The van der Waals surface area contributed by atoms with Crippen LogP contribution in [0.3, 0.4) is 0 Å². The lowest BCUT2D eigenvalue weighted by Crippen LogP contribution is -2.24. The Kier molecular flexibility index (Phi) is 6.45. The van der Waals surface area contributed by atoms with Gasteiger partial charge < -0.3 is 10.1 Å². The molecule has 9 nitrogen and oxygen atoms in total. The molecule has 1 aliphatic rings. The summed E-state index contributed by atoms with van der Waals surface area (Å²) in [7, 11) is 0. The highest BCUT2D eigenvalue weighted by molar-refractivity contribution is 7.13. The maximum atomic E-state index is 14.6. The summed E-state index contributed by atoms with van der Waals surface area (Å²) in [5.41, 5.74) is 1.85. The third-order valence-corrected chi connectivity index (χ3v) is 6.76. The lowest BCUT2D eigenvalue weighted by atomic mass is 9.93. The van der Waals surface area contributed by atoms with Crippen molar-refractivity contribution in [2.75, 3.05) is 11.9 Å². The van der Waals surface area contributed by atoms with Crippen molar-refractivity contribution < 1.29 is 13.9 Å². The Balaban J connectivity index is 1.41. The fourth-order valence-corrected chi connectivity index (χ4v) is 4.96. The monoisotopic (exact) mass is 481 g/mol. The van der Waals surface area contributed by atoms with E-state index < -0.39 is 11.7 Å². The predicted octanol–water partition coefficient (Wildman–Crippen LogP) is 4.70. The second-order valence-electron chi connectivity index (χ2n) is 8.07. The largest absolute Gasteiger partial charge is 0.379 e. The van der Waals surface area contributed by atoms with Gasteiger partial charge in [-0.1, -0.05) is 0 Å². The fourth-order valence-electron chi connectivity index (χ4n) is 4.18. The number of anilines is 1.